The van der Waals surface area contributed by atoms with Gasteiger partial charge in [-0.05, 0) is 18.2 Å². The van der Waals surface area contributed by atoms with Crippen LogP contribution in [-0.4, -0.2) is 25.8 Å². The Kier molecular flexibility index (Phi) is 6.34. The van der Waals surface area contributed by atoms with Gasteiger partial charge in [-0.25, -0.2) is 19.9 Å². The first-order chi connectivity index (χ1) is 11.8. The van der Waals surface area contributed by atoms with Crippen molar-refractivity contribution >= 4 is 23.2 Å². The Bertz CT molecular complexity index is 764. The first kappa shape index (κ1) is 17.0. The van der Waals surface area contributed by atoms with E-state index in [1.165, 1.54) is 31.0 Å². The van der Waals surface area contributed by atoms with Crippen LogP contribution in [0, 0.1) is 0 Å². The van der Waals surface area contributed by atoms with E-state index in [1.807, 2.05) is 44.2 Å². The highest BCUT2D eigenvalue weighted by molar-refractivity contribution is 6.02. The van der Waals surface area contributed by atoms with Gasteiger partial charge in [0.2, 0.25) is 5.95 Å². The van der Waals surface area contributed by atoms with Gasteiger partial charge in [-0.2, -0.15) is 0 Å². The normalized spacial score (nSPS) is 9.42. The van der Waals surface area contributed by atoms with Gasteiger partial charge < -0.3 is 10.6 Å². The molecule has 1 amide bonds. The van der Waals surface area contributed by atoms with Crippen LogP contribution in [0.5, 0.6) is 0 Å². The van der Waals surface area contributed by atoms with Crippen LogP contribution in [0.1, 0.15) is 24.3 Å². The molecule has 0 unspecified atom stereocenters. The SMILES string of the molecule is CC.O=C(Nc1cncnc1)c1ccnc(Nc2ccccc2)n1. The summed E-state index contributed by atoms with van der Waals surface area (Å²) in [7, 11) is 0. The topological polar surface area (TPSA) is 92.7 Å². The van der Waals surface area contributed by atoms with Gasteiger partial charge in [-0.1, -0.05) is 32.0 Å². The first-order valence-corrected chi connectivity index (χ1v) is 7.53. The standard InChI is InChI=1S/C15H12N6O.C2H6/c22-14(19-12-8-16-10-17-9-12)13-6-7-18-15(21-13)20-11-4-2-1-3-5-11;1-2/h1-10H,(H,19,22)(H,18,20,21);1-2H3. The third kappa shape index (κ3) is 4.84. The molecule has 7 nitrogen and oxygen atoms in total. The van der Waals surface area contributed by atoms with Crippen molar-refractivity contribution in [1.29, 1.82) is 0 Å². The Hall–Kier alpha value is -3.35. The summed E-state index contributed by atoms with van der Waals surface area (Å²) < 4.78 is 0. The number of carbonyl (C=O) groups is 1. The second kappa shape index (κ2) is 8.94. The highest BCUT2D eigenvalue weighted by Crippen LogP contribution is 2.12. The summed E-state index contributed by atoms with van der Waals surface area (Å²) in [5.41, 5.74) is 1.59. The van der Waals surface area contributed by atoms with Crippen LogP contribution in [0.3, 0.4) is 0 Å². The average molecular weight is 322 g/mol. The minimum absolute atomic E-state index is 0.247. The van der Waals surface area contributed by atoms with Gasteiger partial charge in [0.15, 0.2) is 0 Å². The Morgan fingerprint density at radius 3 is 2.38 bits per heavy atom. The number of aromatic nitrogens is 4. The maximum absolute atomic E-state index is 12.1. The molecule has 1 aromatic carbocycles. The highest BCUT2D eigenvalue weighted by Gasteiger charge is 2.09. The lowest BCUT2D eigenvalue weighted by Gasteiger charge is -2.06. The Morgan fingerprint density at radius 1 is 0.958 bits per heavy atom. The van der Waals surface area contributed by atoms with Crippen LogP contribution in [0.2, 0.25) is 0 Å². The average Bonchev–Trinajstić information content (AvgIpc) is 2.65. The molecule has 0 atom stereocenters. The number of carbonyl (C=O) groups excluding carboxylic acids is 1. The minimum Gasteiger partial charge on any atom is -0.324 e. The monoisotopic (exact) mass is 322 g/mol. The molecule has 0 radical (unpaired) electrons. The fourth-order valence-electron chi connectivity index (χ4n) is 1.75. The van der Waals surface area contributed by atoms with Crippen molar-refractivity contribution < 1.29 is 4.79 Å². The van der Waals surface area contributed by atoms with E-state index in [0.29, 0.717) is 11.6 Å². The molecule has 2 heterocycles. The smallest absolute Gasteiger partial charge is 0.274 e. The van der Waals surface area contributed by atoms with Crippen LogP contribution in [0.25, 0.3) is 0 Å². The van der Waals surface area contributed by atoms with Crippen LogP contribution < -0.4 is 10.6 Å². The number of nitrogens with one attached hydrogen (secondary N) is 2. The maximum Gasteiger partial charge on any atom is 0.274 e. The molecule has 2 aromatic heterocycles. The van der Waals surface area contributed by atoms with Crippen LogP contribution in [-0.2, 0) is 0 Å². The van der Waals surface area contributed by atoms with Gasteiger partial charge in [0.25, 0.3) is 5.91 Å². The highest BCUT2D eigenvalue weighted by atomic mass is 16.1. The van der Waals surface area contributed by atoms with E-state index in [1.54, 1.807) is 0 Å². The summed E-state index contributed by atoms with van der Waals surface area (Å²) >= 11 is 0. The van der Waals surface area contributed by atoms with E-state index in [2.05, 4.69) is 30.6 Å². The van der Waals surface area contributed by atoms with Gasteiger partial charge in [-0.15, -0.1) is 0 Å². The summed E-state index contributed by atoms with van der Waals surface area (Å²) in [6.07, 6.45) is 5.93. The van der Waals surface area contributed by atoms with Crippen molar-refractivity contribution in [3.05, 3.63) is 67.0 Å². The number of hydrogen-bond acceptors (Lipinski definition) is 6. The molecule has 0 bridgehead atoms. The van der Waals surface area contributed by atoms with Crippen molar-refractivity contribution in [3.8, 4) is 0 Å². The first-order valence-electron chi connectivity index (χ1n) is 7.53. The predicted molar refractivity (Wildman–Crippen MR) is 93.1 cm³/mol. The molecule has 122 valence electrons. The zero-order valence-corrected chi connectivity index (χ0v) is 13.5. The summed E-state index contributed by atoms with van der Waals surface area (Å²) in [5, 5.41) is 5.70. The molecule has 0 aliphatic carbocycles. The summed E-state index contributed by atoms with van der Waals surface area (Å²) in [6, 6.07) is 11.0. The molecule has 0 spiro atoms. The van der Waals surface area contributed by atoms with Gasteiger partial charge in [0.1, 0.15) is 12.0 Å². The quantitative estimate of drug-likeness (QED) is 0.765. The molecule has 24 heavy (non-hydrogen) atoms. The van der Waals surface area contributed by atoms with Gasteiger partial charge >= 0.3 is 0 Å². The van der Waals surface area contributed by atoms with Crippen LogP contribution in [0.15, 0.2) is 61.3 Å². The summed E-state index contributed by atoms with van der Waals surface area (Å²) in [5.74, 6) is -0.00327. The number of benzene rings is 1. The summed E-state index contributed by atoms with van der Waals surface area (Å²) in [4.78, 5) is 28.1. The zero-order valence-electron chi connectivity index (χ0n) is 13.5. The second-order valence-electron chi connectivity index (χ2n) is 4.34. The van der Waals surface area contributed by atoms with Crippen molar-refractivity contribution in [2.75, 3.05) is 10.6 Å². The van der Waals surface area contributed by atoms with E-state index in [-0.39, 0.29) is 11.6 Å². The molecule has 7 heteroatoms. The van der Waals surface area contributed by atoms with Gasteiger partial charge in [0, 0.05) is 11.9 Å². The van der Waals surface area contributed by atoms with E-state index in [4.69, 9.17) is 0 Å². The molecule has 2 N–H and O–H groups in total. The molecular formula is C17H18N6O. The third-order valence-electron chi connectivity index (χ3n) is 2.74. The fraction of sp³-hybridized carbons (Fsp3) is 0.118. The Balaban J connectivity index is 0.00000100. The lowest BCUT2D eigenvalue weighted by molar-refractivity contribution is 0.102. The number of hydrogen-bond donors (Lipinski definition) is 2. The molecule has 0 aliphatic rings. The van der Waals surface area contributed by atoms with E-state index in [9.17, 15) is 4.79 Å². The number of nitrogens with zero attached hydrogens (tertiary/aromatic N) is 4. The second-order valence-corrected chi connectivity index (χ2v) is 4.34. The van der Waals surface area contributed by atoms with Gasteiger partial charge in [-0.3, -0.25) is 4.79 Å². The van der Waals surface area contributed by atoms with Crippen LogP contribution in [0.4, 0.5) is 17.3 Å². The van der Waals surface area contributed by atoms with Gasteiger partial charge in [0.05, 0.1) is 18.1 Å². The molecule has 0 saturated carbocycles. The van der Waals surface area contributed by atoms with Crippen molar-refractivity contribution in [3.63, 3.8) is 0 Å². The van der Waals surface area contributed by atoms with Crippen molar-refractivity contribution in [2.45, 2.75) is 13.8 Å². The third-order valence-corrected chi connectivity index (χ3v) is 2.74. The van der Waals surface area contributed by atoms with Crippen LogP contribution >= 0.6 is 0 Å². The zero-order chi connectivity index (χ0) is 17.2. The summed E-state index contributed by atoms with van der Waals surface area (Å²) in [6.45, 7) is 4.00. The molecule has 0 aliphatic heterocycles. The number of anilines is 3. The lowest BCUT2D eigenvalue weighted by atomic mass is 10.3. The van der Waals surface area contributed by atoms with Crippen molar-refractivity contribution in [1.82, 2.24) is 19.9 Å². The molecule has 3 aromatic rings. The lowest BCUT2D eigenvalue weighted by Crippen LogP contribution is -2.15. The largest absolute Gasteiger partial charge is 0.324 e. The molecule has 0 fully saturated rings. The minimum atomic E-state index is -0.353. The maximum atomic E-state index is 12.1. The predicted octanol–water partition coefficient (Wildman–Crippen LogP) is 3.29. The van der Waals surface area contributed by atoms with E-state index in [0.717, 1.165) is 5.69 Å². The molecule has 0 saturated heterocycles. The van der Waals surface area contributed by atoms with E-state index >= 15 is 0 Å². The molecular weight excluding hydrogens is 304 g/mol. The Morgan fingerprint density at radius 2 is 1.67 bits per heavy atom. The number of amides is 1. The fourth-order valence-corrected chi connectivity index (χ4v) is 1.75. The van der Waals surface area contributed by atoms with E-state index < -0.39 is 0 Å². The van der Waals surface area contributed by atoms with Crippen molar-refractivity contribution in [2.24, 2.45) is 0 Å². The Labute approximate surface area is 140 Å². The number of para-hydroxylation sites is 1. The number of rotatable bonds is 4. The molecule has 3 rings (SSSR count).